The molecule has 8 nitrogen and oxygen atoms in total. The van der Waals surface area contributed by atoms with Gasteiger partial charge in [0.15, 0.2) is 9.75 Å². The largest absolute Gasteiger partial charge is 0.465 e. The van der Waals surface area contributed by atoms with Crippen molar-refractivity contribution in [3.8, 4) is 0 Å². The summed E-state index contributed by atoms with van der Waals surface area (Å²) < 4.78 is 20.7. The summed E-state index contributed by atoms with van der Waals surface area (Å²) in [5.74, 6) is -7.17. The van der Waals surface area contributed by atoms with E-state index in [0.717, 1.165) is 0 Å². The summed E-state index contributed by atoms with van der Waals surface area (Å²) in [7, 11) is 2.39. The molecule has 0 aliphatic heterocycles. The van der Waals surface area contributed by atoms with Crippen molar-refractivity contribution in [2.24, 2.45) is 11.8 Å². The standard InChI is InChI=1S/C15H18Cl2O8/c1-7(18)24-5-9-10(6-25-8(2)19)14(17)12(21)11(20)13(9,16)15(14,22-3)23-4/h9-10H,5-6H2,1-4H3/t9-,10+,13-,14+. The number of hydrogen-bond acceptors (Lipinski definition) is 8. The first-order valence-electron chi connectivity index (χ1n) is 7.38. The smallest absolute Gasteiger partial charge is 0.302 e. The molecule has 0 aromatic rings. The molecule has 0 spiro atoms. The molecule has 2 aliphatic rings. The van der Waals surface area contributed by atoms with Crippen LogP contribution in [0, 0.1) is 11.8 Å². The van der Waals surface area contributed by atoms with Gasteiger partial charge in [-0.1, -0.05) is 0 Å². The van der Waals surface area contributed by atoms with Gasteiger partial charge < -0.3 is 18.9 Å². The summed E-state index contributed by atoms with van der Waals surface area (Å²) in [5, 5.41) is 0. The number of Topliss-reactive ketones (excluding diaryl/α,β-unsaturated/α-hetero) is 2. The highest BCUT2D eigenvalue weighted by Gasteiger charge is 2.89. The fourth-order valence-electron chi connectivity index (χ4n) is 3.83. The van der Waals surface area contributed by atoms with Gasteiger partial charge in [-0.2, -0.15) is 0 Å². The lowest BCUT2D eigenvalue weighted by Crippen LogP contribution is -2.58. The average Bonchev–Trinajstić information content (AvgIpc) is 2.79. The Kier molecular flexibility index (Phi) is 5.22. The van der Waals surface area contributed by atoms with Crippen LogP contribution < -0.4 is 0 Å². The number of methoxy groups -OCH3 is 2. The third kappa shape index (κ3) is 2.34. The van der Waals surface area contributed by atoms with E-state index in [1.807, 2.05) is 0 Å². The number of esters is 2. The second kappa shape index (κ2) is 6.50. The van der Waals surface area contributed by atoms with Crippen molar-refractivity contribution >= 4 is 46.7 Å². The van der Waals surface area contributed by atoms with Crippen LogP contribution in [-0.2, 0) is 38.1 Å². The molecule has 140 valence electrons. The molecule has 2 rings (SSSR count). The van der Waals surface area contributed by atoms with Crippen LogP contribution in [0.5, 0.6) is 0 Å². The summed E-state index contributed by atoms with van der Waals surface area (Å²) in [6, 6.07) is 0. The first-order valence-corrected chi connectivity index (χ1v) is 8.14. The quantitative estimate of drug-likeness (QED) is 0.276. The Hall–Kier alpha value is -1.22. The SMILES string of the molecule is COC1(OC)[C@@]2(Cl)C(=O)C(=O)[C@]1(Cl)[C@H](COC(C)=O)[C@@H]2COC(C)=O. The Morgan fingerprint density at radius 2 is 1.20 bits per heavy atom. The van der Waals surface area contributed by atoms with Gasteiger partial charge in [-0.15, -0.1) is 23.2 Å². The maximum absolute atomic E-state index is 12.6. The Bertz CT molecular complexity index is 581. The first kappa shape index (κ1) is 20.1. The van der Waals surface area contributed by atoms with E-state index >= 15 is 0 Å². The molecule has 0 aromatic heterocycles. The average molecular weight is 397 g/mol. The lowest BCUT2D eigenvalue weighted by Gasteiger charge is -2.38. The van der Waals surface area contributed by atoms with Crippen LogP contribution in [0.1, 0.15) is 13.8 Å². The van der Waals surface area contributed by atoms with Crippen LogP contribution in [0.2, 0.25) is 0 Å². The number of rotatable bonds is 6. The maximum Gasteiger partial charge on any atom is 0.302 e. The Morgan fingerprint density at radius 1 is 0.880 bits per heavy atom. The van der Waals surface area contributed by atoms with Crippen molar-refractivity contribution in [3.05, 3.63) is 0 Å². The molecule has 2 saturated carbocycles. The highest BCUT2D eigenvalue weighted by molar-refractivity contribution is 6.66. The Balaban J connectivity index is 2.60. The van der Waals surface area contributed by atoms with E-state index in [1.54, 1.807) is 0 Å². The highest BCUT2D eigenvalue weighted by atomic mass is 35.5. The van der Waals surface area contributed by atoms with Gasteiger partial charge in [0, 0.05) is 39.9 Å². The molecule has 4 atom stereocenters. The van der Waals surface area contributed by atoms with Gasteiger partial charge >= 0.3 is 11.9 Å². The lowest BCUT2D eigenvalue weighted by atomic mass is 9.78. The molecule has 10 heteroatoms. The van der Waals surface area contributed by atoms with Crippen LogP contribution in [0.3, 0.4) is 0 Å². The van der Waals surface area contributed by atoms with Crippen molar-refractivity contribution in [2.75, 3.05) is 27.4 Å². The molecular weight excluding hydrogens is 379 g/mol. The van der Waals surface area contributed by atoms with Gasteiger partial charge in [0.2, 0.25) is 17.4 Å². The minimum atomic E-state index is -2.03. The van der Waals surface area contributed by atoms with Gasteiger partial charge in [0.1, 0.15) is 0 Å². The first-order chi connectivity index (χ1) is 11.5. The van der Waals surface area contributed by atoms with E-state index in [2.05, 4.69) is 0 Å². The van der Waals surface area contributed by atoms with Gasteiger partial charge in [0.25, 0.3) is 0 Å². The predicted molar refractivity (Wildman–Crippen MR) is 84.2 cm³/mol. The summed E-state index contributed by atoms with van der Waals surface area (Å²) >= 11 is 13.2. The molecule has 2 fully saturated rings. The van der Waals surface area contributed by atoms with E-state index in [4.69, 9.17) is 42.1 Å². The normalized spacial score (nSPS) is 35.8. The molecule has 2 aliphatic carbocycles. The molecule has 0 N–H and O–H groups in total. The molecule has 0 saturated heterocycles. The number of ether oxygens (including phenoxy) is 4. The third-order valence-corrected chi connectivity index (χ3v) is 6.24. The number of carbonyl (C=O) groups is 4. The minimum Gasteiger partial charge on any atom is -0.465 e. The fraction of sp³-hybridized carbons (Fsp3) is 0.733. The zero-order valence-electron chi connectivity index (χ0n) is 14.1. The molecule has 0 unspecified atom stereocenters. The predicted octanol–water partition coefficient (Wildman–Crippen LogP) is 0.455. The van der Waals surface area contributed by atoms with Crippen LogP contribution in [0.4, 0.5) is 0 Å². The minimum absolute atomic E-state index is 0.327. The summed E-state index contributed by atoms with van der Waals surface area (Å²) in [4.78, 5) is 43.5. The number of alkyl halides is 2. The van der Waals surface area contributed by atoms with Crippen LogP contribution >= 0.6 is 23.2 Å². The van der Waals surface area contributed by atoms with Crippen molar-refractivity contribution in [1.29, 1.82) is 0 Å². The van der Waals surface area contributed by atoms with Gasteiger partial charge in [-0.05, 0) is 0 Å². The van der Waals surface area contributed by atoms with Crippen LogP contribution in [0.15, 0.2) is 0 Å². The fourth-order valence-corrected chi connectivity index (χ4v) is 5.08. The van der Waals surface area contributed by atoms with Gasteiger partial charge in [-0.3, -0.25) is 19.2 Å². The molecule has 0 heterocycles. The van der Waals surface area contributed by atoms with Crippen molar-refractivity contribution in [2.45, 2.75) is 29.4 Å². The summed E-state index contributed by atoms with van der Waals surface area (Å²) in [5.41, 5.74) is 0. The van der Waals surface area contributed by atoms with Crippen LogP contribution in [-0.4, -0.2) is 66.5 Å². The molecule has 25 heavy (non-hydrogen) atoms. The van der Waals surface area contributed by atoms with Crippen molar-refractivity contribution in [3.63, 3.8) is 0 Å². The van der Waals surface area contributed by atoms with E-state index in [0.29, 0.717) is 0 Å². The van der Waals surface area contributed by atoms with E-state index in [-0.39, 0.29) is 13.2 Å². The maximum atomic E-state index is 12.6. The highest BCUT2D eigenvalue weighted by Crippen LogP contribution is 2.67. The molecular formula is C15H18Cl2O8. The monoisotopic (exact) mass is 396 g/mol. The van der Waals surface area contributed by atoms with Gasteiger partial charge in [0.05, 0.1) is 13.2 Å². The van der Waals surface area contributed by atoms with E-state index in [9.17, 15) is 19.2 Å². The summed E-state index contributed by atoms with van der Waals surface area (Å²) in [6.07, 6.45) is 0. The van der Waals surface area contributed by atoms with Crippen molar-refractivity contribution in [1.82, 2.24) is 0 Å². The number of fused-ring (bicyclic) bond motifs is 2. The van der Waals surface area contributed by atoms with Crippen molar-refractivity contribution < 1.29 is 38.1 Å². The van der Waals surface area contributed by atoms with E-state index in [1.165, 1.54) is 28.1 Å². The lowest BCUT2D eigenvalue weighted by molar-refractivity contribution is -0.223. The molecule has 0 radical (unpaired) electrons. The van der Waals surface area contributed by atoms with E-state index < -0.39 is 50.9 Å². The summed E-state index contributed by atoms with van der Waals surface area (Å²) in [6.45, 7) is 1.70. The van der Waals surface area contributed by atoms with Gasteiger partial charge in [-0.25, -0.2) is 0 Å². The topological polar surface area (TPSA) is 105 Å². The molecule has 0 aromatic carbocycles. The number of hydrogen-bond donors (Lipinski definition) is 0. The Morgan fingerprint density at radius 3 is 1.44 bits per heavy atom. The molecule has 2 bridgehead atoms. The zero-order valence-corrected chi connectivity index (χ0v) is 15.6. The number of carbonyl (C=O) groups excluding carboxylic acids is 4. The van der Waals surface area contributed by atoms with Crippen LogP contribution in [0.25, 0.3) is 0 Å². The molecule has 0 amide bonds. The second-order valence-corrected chi connectivity index (χ2v) is 7.12. The third-order valence-electron chi connectivity index (χ3n) is 4.84. The Labute approximate surface area is 154 Å². The number of halogens is 2. The number of ketones is 2. The zero-order chi connectivity index (χ0) is 19.2. The second-order valence-electron chi connectivity index (χ2n) is 5.92.